The Morgan fingerprint density at radius 3 is 2.50 bits per heavy atom. The third kappa shape index (κ3) is 3.81. The highest BCUT2D eigenvalue weighted by Gasteiger charge is 2.71. The molecule has 15 heteroatoms. The number of nitrogens with zero attached hydrogens (tertiary/aromatic N) is 3. The largest absolute Gasteiger partial charge is 0.478 e. The summed E-state index contributed by atoms with van der Waals surface area (Å²) in [4.78, 5) is 79.1. The van der Waals surface area contributed by atoms with E-state index in [0.29, 0.717) is 11.4 Å². The first-order valence-electron chi connectivity index (χ1n) is 11.1. The third-order valence-electron chi connectivity index (χ3n) is 6.67. The zero-order chi connectivity index (χ0) is 26.6. The van der Waals surface area contributed by atoms with Crippen LogP contribution in [0.4, 0.5) is 4.79 Å². The first-order chi connectivity index (χ1) is 16.8. The summed E-state index contributed by atoms with van der Waals surface area (Å²) in [6.07, 6.45) is 0. The second-order valence-corrected chi connectivity index (χ2v) is 11.7. The summed E-state index contributed by atoms with van der Waals surface area (Å²) >= 11 is 2.34. The van der Waals surface area contributed by atoms with Gasteiger partial charge < -0.3 is 20.6 Å². The minimum atomic E-state index is -1.95. The van der Waals surface area contributed by atoms with Gasteiger partial charge in [0.15, 0.2) is 0 Å². The van der Waals surface area contributed by atoms with Gasteiger partial charge in [0.05, 0.1) is 4.75 Å². The van der Waals surface area contributed by atoms with Crippen molar-refractivity contribution in [3.63, 3.8) is 0 Å². The lowest BCUT2D eigenvalue weighted by Gasteiger charge is -2.48. The summed E-state index contributed by atoms with van der Waals surface area (Å²) < 4.78 is -1.03. The number of imide groups is 1. The summed E-state index contributed by atoms with van der Waals surface area (Å²) in [6.45, 7) is 5.42. The number of amides is 6. The molecule has 0 radical (unpaired) electrons. The SMILES string of the molecule is CCN1CCN(C(=O)NC(C(=O)N[C@H]2C(=O)N3[C@@H]2SC(C)(C)[C@]3(N)C(=O)O)c2cccs2)C(=O)C1=O. The van der Waals surface area contributed by atoms with Crippen LogP contribution in [0.25, 0.3) is 0 Å². The Balaban J connectivity index is 1.50. The second-order valence-electron chi connectivity index (χ2n) is 9.02. The van der Waals surface area contributed by atoms with Gasteiger partial charge in [-0.15, -0.1) is 23.1 Å². The van der Waals surface area contributed by atoms with Gasteiger partial charge in [-0.2, -0.15) is 0 Å². The van der Waals surface area contributed by atoms with Crippen LogP contribution in [0, 0.1) is 0 Å². The number of nitrogens with two attached hydrogens (primary N) is 1. The highest BCUT2D eigenvalue weighted by molar-refractivity contribution is 8.01. The molecule has 36 heavy (non-hydrogen) atoms. The molecule has 3 saturated heterocycles. The van der Waals surface area contributed by atoms with Crippen LogP contribution < -0.4 is 16.4 Å². The van der Waals surface area contributed by atoms with E-state index in [1.165, 1.54) is 16.2 Å². The van der Waals surface area contributed by atoms with Gasteiger partial charge in [0.2, 0.25) is 11.6 Å². The molecule has 13 nitrogen and oxygen atoms in total. The molecule has 1 aromatic heterocycles. The quantitative estimate of drug-likeness (QED) is 0.264. The molecule has 3 aliphatic rings. The zero-order valence-corrected chi connectivity index (χ0v) is 21.4. The highest BCUT2D eigenvalue weighted by atomic mass is 32.2. The van der Waals surface area contributed by atoms with Crippen molar-refractivity contribution in [2.24, 2.45) is 5.73 Å². The van der Waals surface area contributed by atoms with Gasteiger partial charge >= 0.3 is 23.8 Å². The number of likely N-dealkylation sites (N-methyl/N-ethyl adjacent to an activating group) is 1. The number of hydrogen-bond acceptors (Lipinski definition) is 9. The van der Waals surface area contributed by atoms with Gasteiger partial charge in [0.25, 0.3) is 5.91 Å². The fourth-order valence-electron chi connectivity index (χ4n) is 4.46. The number of carboxylic acid groups (broad SMARTS) is 1. The molecule has 3 fully saturated rings. The van der Waals surface area contributed by atoms with Crippen LogP contribution in [0.3, 0.4) is 0 Å². The molecule has 6 amide bonds. The molecule has 0 bridgehead atoms. The smallest absolute Gasteiger partial charge is 0.346 e. The van der Waals surface area contributed by atoms with Crippen LogP contribution in [0.2, 0.25) is 0 Å². The number of aliphatic carboxylic acids is 1. The van der Waals surface area contributed by atoms with Crippen molar-refractivity contribution in [3.8, 4) is 0 Å². The van der Waals surface area contributed by atoms with E-state index < -0.39 is 63.5 Å². The van der Waals surface area contributed by atoms with Crippen molar-refractivity contribution >= 4 is 58.7 Å². The summed E-state index contributed by atoms with van der Waals surface area (Å²) in [5, 5.41) is 15.8. The molecule has 1 unspecified atom stereocenters. The van der Waals surface area contributed by atoms with Crippen LogP contribution in [-0.4, -0.2) is 96.9 Å². The molecule has 194 valence electrons. The number of urea groups is 1. The van der Waals surface area contributed by atoms with Gasteiger partial charge in [0, 0.05) is 24.5 Å². The molecular formula is C21H26N6O7S2. The fourth-order valence-corrected chi connectivity index (χ4v) is 6.90. The number of hydrogen-bond donors (Lipinski definition) is 4. The van der Waals surface area contributed by atoms with E-state index in [1.54, 1.807) is 38.3 Å². The lowest BCUT2D eigenvalue weighted by molar-refractivity contribution is -0.171. The van der Waals surface area contributed by atoms with E-state index >= 15 is 0 Å². The Labute approximate surface area is 214 Å². The predicted octanol–water partition coefficient (Wildman–Crippen LogP) is -0.892. The number of carbonyl (C=O) groups excluding carboxylic acids is 5. The van der Waals surface area contributed by atoms with Crippen LogP contribution in [0.1, 0.15) is 31.7 Å². The molecule has 1 aromatic rings. The maximum atomic E-state index is 13.3. The monoisotopic (exact) mass is 538 g/mol. The summed E-state index contributed by atoms with van der Waals surface area (Å²) in [6, 6.07) is 0.0506. The Morgan fingerprint density at radius 2 is 1.92 bits per heavy atom. The summed E-state index contributed by atoms with van der Waals surface area (Å²) in [5.74, 6) is -4.53. The number of thiophene rings is 1. The number of piperazine rings is 1. The number of carboxylic acids is 1. The van der Waals surface area contributed by atoms with E-state index in [9.17, 15) is 33.9 Å². The average molecular weight is 539 g/mol. The maximum Gasteiger partial charge on any atom is 0.346 e. The van der Waals surface area contributed by atoms with Crippen LogP contribution in [0.5, 0.6) is 0 Å². The van der Waals surface area contributed by atoms with Crippen LogP contribution >= 0.6 is 23.1 Å². The van der Waals surface area contributed by atoms with Gasteiger partial charge in [0.1, 0.15) is 17.5 Å². The number of rotatable bonds is 6. The summed E-state index contributed by atoms with van der Waals surface area (Å²) in [7, 11) is 0. The van der Waals surface area contributed by atoms with E-state index in [1.807, 2.05) is 0 Å². The van der Waals surface area contributed by atoms with Crippen molar-refractivity contribution < 1.29 is 33.9 Å². The van der Waals surface area contributed by atoms with Gasteiger partial charge in [-0.1, -0.05) is 6.07 Å². The molecule has 4 atom stereocenters. The molecule has 3 aliphatic heterocycles. The van der Waals surface area contributed by atoms with Gasteiger partial charge in [-0.25, -0.2) is 9.59 Å². The maximum absolute atomic E-state index is 13.3. The van der Waals surface area contributed by atoms with E-state index in [2.05, 4.69) is 10.6 Å². The Kier molecular flexibility index (Phi) is 6.51. The minimum absolute atomic E-state index is 0.0271. The van der Waals surface area contributed by atoms with Crippen molar-refractivity contribution in [1.82, 2.24) is 25.3 Å². The highest BCUT2D eigenvalue weighted by Crippen LogP contribution is 2.54. The first kappa shape index (κ1) is 25.9. The molecular weight excluding hydrogens is 512 g/mol. The van der Waals surface area contributed by atoms with E-state index in [-0.39, 0.29) is 13.1 Å². The van der Waals surface area contributed by atoms with Crippen LogP contribution in [-0.2, 0) is 24.0 Å². The number of β-lactam (4-membered cyclic amide) rings is 1. The molecule has 0 spiro atoms. The van der Waals surface area contributed by atoms with Gasteiger partial charge in [-0.05, 0) is 32.2 Å². The average Bonchev–Trinajstić information content (AvgIpc) is 3.41. The number of thioether (sulfide) groups is 1. The topological polar surface area (TPSA) is 182 Å². The van der Waals surface area contributed by atoms with Crippen molar-refractivity contribution in [2.75, 3.05) is 19.6 Å². The van der Waals surface area contributed by atoms with E-state index in [4.69, 9.17) is 5.73 Å². The second kappa shape index (κ2) is 9.05. The Morgan fingerprint density at radius 1 is 1.22 bits per heavy atom. The zero-order valence-electron chi connectivity index (χ0n) is 19.7. The summed E-state index contributed by atoms with van der Waals surface area (Å²) in [5.41, 5.74) is 4.18. The number of carbonyl (C=O) groups is 6. The van der Waals surface area contributed by atoms with Crippen molar-refractivity contribution in [1.29, 1.82) is 0 Å². The minimum Gasteiger partial charge on any atom is -0.478 e. The molecule has 0 saturated carbocycles. The van der Waals surface area contributed by atoms with Crippen molar-refractivity contribution in [3.05, 3.63) is 22.4 Å². The molecule has 0 aliphatic carbocycles. The molecule has 4 heterocycles. The molecule has 0 aromatic carbocycles. The van der Waals surface area contributed by atoms with Crippen molar-refractivity contribution in [2.45, 2.75) is 48.6 Å². The Bertz CT molecular complexity index is 1140. The normalized spacial score (nSPS) is 27.9. The lowest BCUT2D eigenvalue weighted by atomic mass is 9.89. The number of nitrogens with one attached hydrogen (secondary N) is 2. The Hall–Kier alpha value is -3.17. The lowest BCUT2D eigenvalue weighted by Crippen LogP contribution is -2.79. The third-order valence-corrected chi connectivity index (χ3v) is 9.24. The number of fused-ring (bicyclic) bond motifs is 1. The molecule has 5 N–H and O–H groups in total. The van der Waals surface area contributed by atoms with E-state index in [0.717, 1.165) is 21.6 Å². The predicted molar refractivity (Wildman–Crippen MR) is 128 cm³/mol. The fraction of sp³-hybridized carbons (Fsp3) is 0.524. The van der Waals surface area contributed by atoms with Gasteiger partial charge in [-0.3, -0.25) is 34.7 Å². The first-order valence-corrected chi connectivity index (χ1v) is 12.9. The van der Waals surface area contributed by atoms with Crippen LogP contribution in [0.15, 0.2) is 17.5 Å². The molecule has 4 rings (SSSR count). The standard InChI is InChI=1S/C21H26N6O7S2/c1-4-25-7-8-26(16(31)15(25)30)19(34)24-11(10-6-5-9-35-10)13(28)23-12-14(29)27-17(12)36-20(2,3)21(27,22)18(32)33/h5-6,9,11-12,17H,4,7-8,22H2,1-3H3,(H,23,28)(H,24,34)(H,32,33)/t11?,12-,17+,21-/m0/s1.